The van der Waals surface area contributed by atoms with E-state index >= 15 is 0 Å². The molecule has 4 aromatic rings. The molecule has 0 amide bonds. The molecular formula is C20H18FN5O. The maximum absolute atomic E-state index is 13.2. The molecule has 0 aliphatic carbocycles. The third kappa shape index (κ3) is 3.50. The predicted molar refractivity (Wildman–Crippen MR) is 101 cm³/mol. The highest BCUT2D eigenvalue weighted by molar-refractivity contribution is 5.90. The molecule has 0 bridgehead atoms. The number of benzene rings is 2. The van der Waals surface area contributed by atoms with Gasteiger partial charge >= 0.3 is 0 Å². The third-order valence-electron chi connectivity index (χ3n) is 4.31. The summed E-state index contributed by atoms with van der Waals surface area (Å²) in [6.07, 6.45) is -0.227. The minimum absolute atomic E-state index is 0.231. The van der Waals surface area contributed by atoms with Crippen LogP contribution in [0.5, 0.6) is 0 Å². The summed E-state index contributed by atoms with van der Waals surface area (Å²) >= 11 is 0. The molecule has 0 aliphatic heterocycles. The highest BCUT2D eigenvalue weighted by Crippen LogP contribution is 2.27. The van der Waals surface area contributed by atoms with Crippen molar-refractivity contribution >= 4 is 22.5 Å². The summed E-state index contributed by atoms with van der Waals surface area (Å²) in [5, 5.41) is 21.9. The molecule has 0 saturated carbocycles. The average Bonchev–Trinajstić information content (AvgIpc) is 3.15. The zero-order valence-corrected chi connectivity index (χ0v) is 14.6. The fourth-order valence-electron chi connectivity index (χ4n) is 2.83. The van der Waals surface area contributed by atoms with Crippen LogP contribution in [0.2, 0.25) is 0 Å². The molecule has 3 N–H and O–H groups in total. The van der Waals surface area contributed by atoms with Crippen molar-refractivity contribution in [3.63, 3.8) is 0 Å². The summed E-state index contributed by atoms with van der Waals surface area (Å²) in [7, 11) is 0. The number of para-hydroxylation sites is 1. The van der Waals surface area contributed by atoms with Crippen LogP contribution in [0.25, 0.3) is 10.9 Å². The highest BCUT2D eigenvalue weighted by atomic mass is 19.1. The Morgan fingerprint density at radius 2 is 1.89 bits per heavy atom. The van der Waals surface area contributed by atoms with E-state index in [4.69, 9.17) is 0 Å². The van der Waals surface area contributed by atoms with E-state index in [1.165, 1.54) is 24.3 Å². The van der Waals surface area contributed by atoms with Gasteiger partial charge in [-0.25, -0.2) is 14.4 Å². The van der Waals surface area contributed by atoms with Crippen LogP contribution in [0.3, 0.4) is 0 Å². The zero-order valence-electron chi connectivity index (χ0n) is 14.6. The Kier molecular flexibility index (Phi) is 4.52. The van der Waals surface area contributed by atoms with E-state index in [1.807, 2.05) is 37.3 Å². The molecule has 27 heavy (non-hydrogen) atoms. The summed E-state index contributed by atoms with van der Waals surface area (Å²) < 4.78 is 13.2. The predicted octanol–water partition coefficient (Wildman–Crippen LogP) is 3.88. The van der Waals surface area contributed by atoms with Gasteiger partial charge < -0.3 is 10.4 Å². The second-order valence-electron chi connectivity index (χ2n) is 6.16. The van der Waals surface area contributed by atoms with Gasteiger partial charge in [0.15, 0.2) is 11.6 Å². The van der Waals surface area contributed by atoms with Crippen molar-refractivity contribution in [3.8, 4) is 0 Å². The van der Waals surface area contributed by atoms with Gasteiger partial charge in [-0.15, -0.1) is 0 Å². The number of nitrogens with zero attached hydrogens (tertiary/aromatic N) is 3. The van der Waals surface area contributed by atoms with Crippen molar-refractivity contribution < 1.29 is 9.50 Å². The number of aromatic nitrogens is 4. The molecular weight excluding hydrogens is 345 g/mol. The maximum Gasteiger partial charge on any atom is 0.164 e. The zero-order chi connectivity index (χ0) is 18.8. The van der Waals surface area contributed by atoms with Crippen LogP contribution >= 0.6 is 0 Å². The Bertz CT molecular complexity index is 1080. The van der Waals surface area contributed by atoms with Crippen molar-refractivity contribution in [1.82, 2.24) is 20.2 Å². The fourth-order valence-corrected chi connectivity index (χ4v) is 2.83. The highest BCUT2D eigenvalue weighted by Gasteiger charge is 2.17. The van der Waals surface area contributed by atoms with Gasteiger partial charge in [-0.05, 0) is 36.2 Å². The van der Waals surface area contributed by atoms with E-state index in [0.29, 0.717) is 22.7 Å². The maximum atomic E-state index is 13.2. The van der Waals surface area contributed by atoms with E-state index < -0.39 is 6.10 Å². The van der Waals surface area contributed by atoms with Crippen molar-refractivity contribution in [2.24, 2.45) is 0 Å². The van der Waals surface area contributed by atoms with Gasteiger partial charge in [-0.2, -0.15) is 5.10 Å². The van der Waals surface area contributed by atoms with Crippen LogP contribution in [0, 0.1) is 5.82 Å². The van der Waals surface area contributed by atoms with Crippen LogP contribution in [0.1, 0.15) is 30.1 Å². The molecule has 7 heteroatoms. The van der Waals surface area contributed by atoms with E-state index in [-0.39, 0.29) is 11.6 Å². The number of aryl methyl sites for hydroxylation is 1. The van der Waals surface area contributed by atoms with Crippen LogP contribution in [0.4, 0.5) is 16.0 Å². The molecule has 2 heterocycles. The standard InChI is InChI=1S/C20H18FN5O/c1-2-14-11-17(26-25-14)23-19-15-5-3-4-6-16(15)22-20(24-19)18(27)12-7-9-13(21)10-8-12/h3-11,18,27H,2H2,1H3,(H2,22,23,24,25,26)/t18-/m1/s1. The summed E-state index contributed by atoms with van der Waals surface area (Å²) in [6, 6.07) is 15.1. The molecule has 0 fully saturated rings. The Morgan fingerprint density at radius 1 is 1.11 bits per heavy atom. The lowest BCUT2D eigenvalue weighted by Gasteiger charge is -2.13. The number of aliphatic hydroxyl groups excluding tert-OH is 1. The topological polar surface area (TPSA) is 86.7 Å². The molecule has 0 radical (unpaired) electrons. The van der Waals surface area contributed by atoms with Gasteiger partial charge in [0, 0.05) is 17.1 Å². The molecule has 2 aromatic heterocycles. The molecule has 1 atom stereocenters. The number of nitrogens with one attached hydrogen (secondary N) is 2. The first kappa shape index (κ1) is 17.1. The lowest BCUT2D eigenvalue weighted by atomic mass is 10.1. The molecule has 2 aromatic carbocycles. The summed E-state index contributed by atoms with van der Waals surface area (Å²) in [5.41, 5.74) is 2.21. The van der Waals surface area contributed by atoms with E-state index in [0.717, 1.165) is 17.5 Å². The molecule has 0 spiro atoms. The summed E-state index contributed by atoms with van der Waals surface area (Å²) in [4.78, 5) is 8.98. The van der Waals surface area contributed by atoms with Crippen molar-refractivity contribution in [2.75, 3.05) is 5.32 Å². The van der Waals surface area contributed by atoms with Crippen LogP contribution < -0.4 is 5.32 Å². The minimum Gasteiger partial charge on any atom is -0.380 e. The van der Waals surface area contributed by atoms with Crippen LogP contribution in [-0.2, 0) is 6.42 Å². The Hall–Kier alpha value is -3.32. The van der Waals surface area contributed by atoms with E-state index in [1.54, 1.807) is 0 Å². The lowest BCUT2D eigenvalue weighted by molar-refractivity contribution is 0.210. The Balaban J connectivity index is 1.76. The second-order valence-corrected chi connectivity index (χ2v) is 6.16. The monoisotopic (exact) mass is 363 g/mol. The number of anilines is 2. The van der Waals surface area contributed by atoms with Gasteiger partial charge in [0.05, 0.1) is 5.52 Å². The Labute approximate surface area is 155 Å². The first-order valence-corrected chi connectivity index (χ1v) is 8.65. The van der Waals surface area contributed by atoms with Gasteiger partial charge in [0.2, 0.25) is 0 Å². The molecule has 6 nitrogen and oxygen atoms in total. The van der Waals surface area contributed by atoms with Gasteiger partial charge in [0.25, 0.3) is 0 Å². The minimum atomic E-state index is -1.07. The normalized spacial score (nSPS) is 12.3. The number of hydrogen-bond donors (Lipinski definition) is 3. The van der Waals surface area contributed by atoms with E-state index in [2.05, 4.69) is 25.5 Å². The quantitative estimate of drug-likeness (QED) is 0.501. The fraction of sp³-hybridized carbons (Fsp3) is 0.150. The van der Waals surface area contributed by atoms with Crippen LogP contribution in [0.15, 0.2) is 54.6 Å². The number of aliphatic hydroxyl groups is 1. The molecule has 0 saturated heterocycles. The van der Waals surface area contributed by atoms with Crippen LogP contribution in [-0.4, -0.2) is 25.3 Å². The molecule has 0 aliphatic rings. The number of hydrogen-bond acceptors (Lipinski definition) is 5. The van der Waals surface area contributed by atoms with E-state index in [9.17, 15) is 9.50 Å². The second kappa shape index (κ2) is 7.13. The molecule has 4 rings (SSSR count). The van der Waals surface area contributed by atoms with Gasteiger partial charge in [0.1, 0.15) is 17.7 Å². The summed E-state index contributed by atoms with van der Waals surface area (Å²) in [6.45, 7) is 2.04. The first-order valence-electron chi connectivity index (χ1n) is 8.65. The van der Waals surface area contributed by atoms with Crippen molar-refractivity contribution in [2.45, 2.75) is 19.4 Å². The van der Waals surface area contributed by atoms with Crippen molar-refractivity contribution in [3.05, 3.63) is 77.5 Å². The number of H-pyrrole nitrogens is 1. The SMILES string of the molecule is CCc1cc(Nc2nc([C@H](O)c3ccc(F)cc3)nc3ccccc23)n[nH]1. The Morgan fingerprint density at radius 3 is 2.63 bits per heavy atom. The molecule has 0 unspecified atom stereocenters. The van der Waals surface area contributed by atoms with Crippen molar-refractivity contribution in [1.29, 1.82) is 0 Å². The third-order valence-corrected chi connectivity index (χ3v) is 4.31. The number of rotatable bonds is 5. The smallest absolute Gasteiger partial charge is 0.164 e. The molecule has 136 valence electrons. The number of aromatic amines is 1. The van der Waals surface area contributed by atoms with Gasteiger partial charge in [-0.3, -0.25) is 5.10 Å². The average molecular weight is 363 g/mol. The number of halogens is 1. The first-order chi connectivity index (χ1) is 13.1. The lowest BCUT2D eigenvalue weighted by Crippen LogP contribution is -2.08. The largest absolute Gasteiger partial charge is 0.380 e. The number of fused-ring (bicyclic) bond motifs is 1. The van der Waals surface area contributed by atoms with Gasteiger partial charge in [-0.1, -0.05) is 31.2 Å². The summed E-state index contributed by atoms with van der Waals surface area (Å²) in [5.74, 6) is 1.05.